The van der Waals surface area contributed by atoms with Crippen molar-refractivity contribution in [3.8, 4) is 11.1 Å². The summed E-state index contributed by atoms with van der Waals surface area (Å²) in [5.74, 6) is 0.00301. The van der Waals surface area contributed by atoms with Crippen molar-refractivity contribution in [1.29, 1.82) is 0 Å². The van der Waals surface area contributed by atoms with Gasteiger partial charge in [0.15, 0.2) is 6.79 Å². The summed E-state index contributed by atoms with van der Waals surface area (Å²) in [7, 11) is 0. The van der Waals surface area contributed by atoms with E-state index in [1.165, 1.54) is 0 Å². The number of nitrogens with zero attached hydrogens (tertiary/aromatic N) is 2. The molecule has 3 rings (SSSR count). The normalized spacial score (nSPS) is 12.8. The Balaban J connectivity index is 1.84. The molecule has 0 unspecified atom stereocenters. The van der Waals surface area contributed by atoms with E-state index in [9.17, 15) is 9.59 Å². The van der Waals surface area contributed by atoms with Crippen LogP contribution in [0, 0.1) is 0 Å². The van der Waals surface area contributed by atoms with Crippen molar-refractivity contribution in [3.05, 3.63) is 59.2 Å². The monoisotopic (exact) mass is 463 g/mol. The molecule has 7 nitrogen and oxygen atoms in total. The van der Waals surface area contributed by atoms with Crippen molar-refractivity contribution in [1.82, 2.24) is 4.90 Å². The van der Waals surface area contributed by atoms with Gasteiger partial charge in [-0.15, -0.1) is 0 Å². The second kappa shape index (κ2) is 12.1. The highest BCUT2D eigenvalue weighted by molar-refractivity contribution is 6.05. The van der Waals surface area contributed by atoms with Crippen LogP contribution in [-0.2, 0) is 14.3 Å². The summed E-state index contributed by atoms with van der Waals surface area (Å²) in [6.07, 6.45) is 4.04. The molecule has 0 fully saturated rings. The highest BCUT2D eigenvalue weighted by Gasteiger charge is 2.21. The van der Waals surface area contributed by atoms with E-state index in [0.717, 1.165) is 48.3 Å². The fourth-order valence-corrected chi connectivity index (χ4v) is 3.83. The summed E-state index contributed by atoms with van der Waals surface area (Å²) in [5, 5.41) is 0. The number of esters is 1. The molecular weight excluding hydrogens is 430 g/mol. The fourth-order valence-electron chi connectivity index (χ4n) is 3.83. The van der Waals surface area contributed by atoms with Crippen LogP contribution in [0.4, 0.5) is 5.69 Å². The zero-order valence-corrected chi connectivity index (χ0v) is 20.2. The molecule has 34 heavy (non-hydrogen) atoms. The van der Waals surface area contributed by atoms with Gasteiger partial charge in [-0.05, 0) is 55.2 Å². The van der Waals surface area contributed by atoms with Gasteiger partial charge in [0.05, 0.1) is 11.3 Å². The number of rotatable bonds is 10. The molecule has 2 N–H and O–H groups in total. The number of hydrogen-bond acceptors (Lipinski definition) is 6. The molecule has 1 amide bonds. The topological polar surface area (TPSA) is 94.2 Å². The van der Waals surface area contributed by atoms with Crippen LogP contribution in [0.25, 0.3) is 17.2 Å². The van der Waals surface area contributed by atoms with E-state index in [1.807, 2.05) is 48.2 Å². The first-order valence-corrected chi connectivity index (χ1v) is 11.8. The Morgan fingerprint density at radius 2 is 1.68 bits per heavy atom. The molecule has 0 spiro atoms. The van der Waals surface area contributed by atoms with Crippen LogP contribution in [0.1, 0.15) is 56.0 Å². The van der Waals surface area contributed by atoms with Crippen LogP contribution < -0.4 is 5.73 Å². The predicted molar refractivity (Wildman–Crippen MR) is 135 cm³/mol. The van der Waals surface area contributed by atoms with Crippen LogP contribution in [0.2, 0.25) is 0 Å². The first-order chi connectivity index (χ1) is 16.5. The number of ether oxygens (including phenoxy) is 2. The van der Waals surface area contributed by atoms with Crippen molar-refractivity contribution in [2.24, 2.45) is 10.7 Å². The Kier molecular flexibility index (Phi) is 8.99. The van der Waals surface area contributed by atoms with E-state index in [2.05, 4.69) is 18.8 Å². The third kappa shape index (κ3) is 6.32. The highest BCUT2D eigenvalue weighted by atomic mass is 16.7. The number of hydrogen-bond donors (Lipinski definition) is 1. The minimum Gasteiger partial charge on any atom is -0.435 e. The molecule has 1 aliphatic heterocycles. The lowest BCUT2D eigenvalue weighted by Crippen LogP contribution is -2.34. The second-order valence-corrected chi connectivity index (χ2v) is 8.14. The second-order valence-electron chi connectivity index (χ2n) is 8.14. The number of carbonyl (C=O) groups excluding carboxylic acids is 2. The molecule has 0 saturated heterocycles. The van der Waals surface area contributed by atoms with E-state index in [0.29, 0.717) is 30.0 Å². The molecule has 7 heteroatoms. The van der Waals surface area contributed by atoms with Gasteiger partial charge in [0.1, 0.15) is 5.84 Å². The van der Waals surface area contributed by atoms with Gasteiger partial charge in [0.2, 0.25) is 5.91 Å². The quantitative estimate of drug-likeness (QED) is 0.306. The number of nitrogens with two attached hydrogens (primary N) is 1. The van der Waals surface area contributed by atoms with Crippen LogP contribution in [0.3, 0.4) is 0 Å². The lowest BCUT2D eigenvalue weighted by molar-refractivity contribution is -0.127. The van der Waals surface area contributed by atoms with Gasteiger partial charge in [-0.2, -0.15) is 0 Å². The molecule has 180 valence electrons. The fraction of sp³-hybridized carbons (Fsp3) is 0.370. The van der Waals surface area contributed by atoms with Crippen LogP contribution in [-0.4, -0.2) is 49.1 Å². The molecule has 2 aromatic rings. The zero-order chi connectivity index (χ0) is 24.5. The van der Waals surface area contributed by atoms with E-state index in [1.54, 1.807) is 12.1 Å². The molecular formula is C27H33N3O4. The van der Waals surface area contributed by atoms with Gasteiger partial charge in [0.25, 0.3) is 0 Å². The Bertz CT molecular complexity index is 1070. The number of amidine groups is 1. The lowest BCUT2D eigenvalue weighted by atomic mass is 10.00. The van der Waals surface area contributed by atoms with Crippen LogP contribution in [0.5, 0.6) is 0 Å². The standard InChI is InChI=1S/C27H33N3O4/c1-4-13-30(14-5-2)26(31)23-15-22-12-11-21(16-24(22)29-25(28)17-23)19-7-9-20(10-8-19)27(32)34-18-33-6-3/h7-12,15-16H,4-6,13-14,17-18H2,1-3H3,(H2,28,29). The smallest absolute Gasteiger partial charge is 0.340 e. The van der Waals surface area contributed by atoms with Crippen molar-refractivity contribution in [2.45, 2.75) is 40.0 Å². The number of fused-ring (bicyclic) bond motifs is 1. The third-order valence-corrected chi connectivity index (χ3v) is 5.48. The Morgan fingerprint density at radius 1 is 1.00 bits per heavy atom. The highest BCUT2D eigenvalue weighted by Crippen LogP contribution is 2.32. The van der Waals surface area contributed by atoms with E-state index < -0.39 is 5.97 Å². The summed E-state index contributed by atoms with van der Waals surface area (Å²) in [5.41, 5.74) is 10.7. The maximum absolute atomic E-state index is 13.1. The van der Waals surface area contributed by atoms with Gasteiger partial charge in [-0.1, -0.05) is 38.1 Å². The first-order valence-electron chi connectivity index (χ1n) is 11.8. The third-order valence-electron chi connectivity index (χ3n) is 5.48. The molecule has 1 heterocycles. The van der Waals surface area contributed by atoms with Crippen molar-refractivity contribution in [2.75, 3.05) is 26.5 Å². The summed E-state index contributed by atoms with van der Waals surface area (Å²) < 4.78 is 10.1. The minimum absolute atomic E-state index is 0.0191. The summed E-state index contributed by atoms with van der Waals surface area (Å²) in [4.78, 5) is 31.7. The lowest BCUT2D eigenvalue weighted by Gasteiger charge is -2.22. The number of aliphatic imine (C=N–C) groups is 1. The van der Waals surface area contributed by atoms with Gasteiger partial charge < -0.3 is 20.1 Å². The molecule has 0 atom stereocenters. The molecule has 0 aliphatic carbocycles. The van der Waals surface area contributed by atoms with Crippen molar-refractivity contribution >= 4 is 29.5 Å². The Hall–Kier alpha value is -3.45. The predicted octanol–water partition coefficient (Wildman–Crippen LogP) is 4.93. The minimum atomic E-state index is -0.429. The Morgan fingerprint density at radius 3 is 2.32 bits per heavy atom. The largest absolute Gasteiger partial charge is 0.435 e. The van der Waals surface area contributed by atoms with Gasteiger partial charge >= 0.3 is 5.97 Å². The van der Waals surface area contributed by atoms with Gasteiger partial charge in [0, 0.05) is 37.3 Å². The average Bonchev–Trinajstić information content (AvgIpc) is 3.01. The molecule has 0 bridgehead atoms. The number of amides is 1. The van der Waals surface area contributed by atoms with E-state index >= 15 is 0 Å². The average molecular weight is 464 g/mol. The number of benzene rings is 2. The van der Waals surface area contributed by atoms with E-state index in [-0.39, 0.29) is 12.7 Å². The summed E-state index contributed by atoms with van der Waals surface area (Å²) in [6.45, 7) is 7.85. The maximum atomic E-state index is 13.1. The molecule has 0 saturated carbocycles. The van der Waals surface area contributed by atoms with E-state index in [4.69, 9.17) is 15.2 Å². The van der Waals surface area contributed by atoms with Crippen molar-refractivity contribution < 1.29 is 19.1 Å². The van der Waals surface area contributed by atoms with Gasteiger partial charge in [-0.25, -0.2) is 9.79 Å². The van der Waals surface area contributed by atoms with Crippen molar-refractivity contribution in [3.63, 3.8) is 0 Å². The molecule has 0 aromatic heterocycles. The summed E-state index contributed by atoms with van der Waals surface area (Å²) >= 11 is 0. The number of carbonyl (C=O) groups is 2. The SMILES string of the molecule is CCCN(CCC)C(=O)C1=Cc2ccc(-c3ccc(C(=O)OCOCC)cc3)cc2N=C(N)C1. The molecule has 2 aromatic carbocycles. The van der Waals surface area contributed by atoms with Crippen LogP contribution in [0.15, 0.2) is 53.0 Å². The zero-order valence-electron chi connectivity index (χ0n) is 20.2. The first kappa shape index (κ1) is 25.2. The maximum Gasteiger partial charge on any atom is 0.340 e. The van der Waals surface area contributed by atoms with Gasteiger partial charge in [-0.3, -0.25) is 4.79 Å². The molecule has 1 aliphatic rings. The van der Waals surface area contributed by atoms with Crippen LogP contribution >= 0.6 is 0 Å². The Labute approximate surface area is 201 Å². The molecule has 0 radical (unpaired) electrons. The summed E-state index contributed by atoms with van der Waals surface area (Å²) in [6, 6.07) is 13.0.